The summed E-state index contributed by atoms with van der Waals surface area (Å²) >= 11 is 0. The smallest absolute Gasteiger partial charge is 0.241 e. The Morgan fingerprint density at radius 2 is 2.10 bits per heavy atom. The van der Waals surface area contributed by atoms with Gasteiger partial charge in [-0.3, -0.25) is 4.79 Å². The number of nitrogens with two attached hydrogens (primary N) is 1. The number of aryl methyl sites for hydroxylation is 1. The highest BCUT2D eigenvalue weighted by Gasteiger charge is 2.15. The average molecular weight is 287 g/mol. The van der Waals surface area contributed by atoms with Gasteiger partial charge in [0.15, 0.2) is 0 Å². The minimum atomic E-state index is -0.453. The molecule has 0 aliphatic carbocycles. The van der Waals surface area contributed by atoms with Crippen LogP contribution in [0.1, 0.15) is 33.6 Å². The van der Waals surface area contributed by atoms with Gasteiger partial charge in [0.25, 0.3) is 0 Å². The highest BCUT2D eigenvalue weighted by molar-refractivity contribution is 5.96. The van der Waals surface area contributed by atoms with Gasteiger partial charge in [-0.2, -0.15) is 0 Å². The monoisotopic (exact) mass is 287 g/mol. The summed E-state index contributed by atoms with van der Waals surface area (Å²) in [6.07, 6.45) is 3.89. The lowest BCUT2D eigenvalue weighted by atomic mass is 10.0. The van der Waals surface area contributed by atoms with Crippen LogP contribution in [0.4, 0.5) is 5.69 Å². The van der Waals surface area contributed by atoms with Gasteiger partial charge in [0.2, 0.25) is 5.91 Å². The fraction of sp³-hybridized carbons (Fsp3) is 0.471. The van der Waals surface area contributed by atoms with Crippen LogP contribution < -0.4 is 11.1 Å². The lowest BCUT2D eigenvalue weighted by Gasteiger charge is -2.14. The molecule has 21 heavy (non-hydrogen) atoms. The average Bonchev–Trinajstić information content (AvgIpc) is 2.81. The molecule has 0 unspecified atom stereocenters. The molecule has 1 aromatic heterocycles. The summed E-state index contributed by atoms with van der Waals surface area (Å²) in [5, 5.41) is 4.04. The molecular formula is C17H25N3O. The molecule has 0 saturated carbocycles. The predicted molar refractivity (Wildman–Crippen MR) is 88.3 cm³/mol. The summed E-state index contributed by atoms with van der Waals surface area (Å²) in [7, 11) is 0. The van der Waals surface area contributed by atoms with Gasteiger partial charge in [-0.05, 0) is 43.0 Å². The van der Waals surface area contributed by atoms with Crippen LogP contribution in [0.25, 0.3) is 10.9 Å². The summed E-state index contributed by atoms with van der Waals surface area (Å²) in [6.45, 7) is 7.30. The second-order valence-corrected chi connectivity index (χ2v) is 6.01. The van der Waals surface area contributed by atoms with Crippen molar-refractivity contribution in [1.82, 2.24) is 4.57 Å². The highest BCUT2D eigenvalue weighted by atomic mass is 16.2. The Bertz CT molecular complexity index is 616. The molecule has 3 N–H and O–H groups in total. The maximum absolute atomic E-state index is 12.1. The Labute approximate surface area is 126 Å². The molecule has 0 aliphatic rings. The highest BCUT2D eigenvalue weighted by Crippen LogP contribution is 2.21. The molecule has 1 amide bonds. The first-order valence-electron chi connectivity index (χ1n) is 7.66. The van der Waals surface area contributed by atoms with E-state index in [4.69, 9.17) is 5.73 Å². The van der Waals surface area contributed by atoms with Crippen LogP contribution in [-0.4, -0.2) is 16.5 Å². The molecule has 2 rings (SSSR count). The van der Waals surface area contributed by atoms with E-state index < -0.39 is 6.04 Å². The van der Waals surface area contributed by atoms with Crippen molar-refractivity contribution < 1.29 is 4.79 Å². The number of nitrogens with one attached hydrogen (secondary N) is 1. The second kappa shape index (κ2) is 6.76. The van der Waals surface area contributed by atoms with Crippen molar-refractivity contribution in [2.75, 3.05) is 5.32 Å². The van der Waals surface area contributed by atoms with Crippen LogP contribution in [0.15, 0.2) is 30.5 Å². The van der Waals surface area contributed by atoms with Crippen molar-refractivity contribution in [3.63, 3.8) is 0 Å². The number of fused-ring (bicyclic) bond motifs is 1. The third-order valence-electron chi connectivity index (χ3n) is 3.57. The van der Waals surface area contributed by atoms with Gasteiger partial charge in [-0.1, -0.05) is 20.8 Å². The van der Waals surface area contributed by atoms with Gasteiger partial charge in [0.1, 0.15) is 0 Å². The zero-order chi connectivity index (χ0) is 15.4. The minimum Gasteiger partial charge on any atom is -0.347 e. The first-order valence-corrected chi connectivity index (χ1v) is 7.66. The number of anilines is 1. The van der Waals surface area contributed by atoms with Crippen LogP contribution >= 0.6 is 0 Å². The molecule has 4 nitrogen and oxygen atoms in total. The van der Waals surface area contributed by atoms with E-state index in [1.54, 1.807) is 0 Å². The number of hydrogen-bond acceptors (Lipinski definition) is 2. The SMILES string of the molecule is CCCn1ccc2cc(NC(=O)[C@@H](N)CC(C)C)ccc21. The van der Waals surface area contributed by atoms with E-state index in [0.717, 1.165) is 24.0 Å². The maximum Gasteiger partial charge on any atom is 0.241 e. The number of rotatable bonds is 6. The number of carbonyl (C=O) groups excluding carboxylic acids is 1. The number of aromatic nitrogens is 1. The van der Waals surface area contributed by atoms with Crippen molar-refractivity contribution in [2.45, 2.75) is 46.2 Å². The molecule has 0 saturated heterocycles. The molecule has 0 spiro atoms. The zero-order valence-corrected chi connectivity index (χ0v) is 13.1. The summed E-state index contributed by atoms with van der Waals surface area (Å²) in [5.41, 5.74) is 7.91. The van der Waals surface area contributed by atoms with Gasteiger partial charge >= 0.3 is 0 Å². The molecule has 4 heteroatoms. The molecule has 0 fully saturated rings. The topological polar surface area (TPSA) is 60.0 Å². The Kier molecular flexibility index (Phi) is 5.02. The molecular weight excluding hydrogens is 262 g/mol. The second-order valence-electron chi connectivity index (χ2n) is 6.01. The van der Waals surface area contributed by atoms with Crippen LogP contribution in [0.2, 0.25) is 0 Å². The quantitative estimate of drug-likeness (QED) is 0.855. The summed E-state index contributed by atoms with van der Waals surface area (Å²) in [4.78, 5) is 12.1. The summed E-state index contributed by atoms with van der Waals surface area (Å²) in [6, 6.07) is 7.62. The van der Waals surface area contributed by atoms with E-state index in [9.17, 15) is 4.79 Å². The third kappa shape index (κ3) is 3.85. The van der Waals surface area contributed by atoms with Crippen LogP contribution in [0.5, 0.6) is 0 Å². The molecule has 1 aromatic carbocycles. The maximum atomic E-state index is 12.1. The number of benzene rings is 1. The summed E-state index contributed by atoms with van der Waals surface area (Å²) < 4.78 is 2.23. The van der Waals surface area contributed by atoms with Gasteiger partial charge in [0.05, 0.1) is 6.04 Å². The molecule has 0 aliphatic heterocycles. The third-order valence-corrected chi connectivity index (χ3v) is 3.57. The number of carbonyl (C=O) groups is 1. The van der Waals surface area contributed by atoms with E-state index in [-0.39, 0.29) is 5.91 Å². The van der Waals surface area contributed by atoms with Crippen LogP contribution in [-0.2, 0) is 11.3 Å². The molecule has 1 atom stereocenters. The number of hydrogen-bond donors (Lipinski definition) is 2. The van der Waals surface area contributed by atoms with Crippen molar-refractivity contribution in [3.8, 4) is 0 Å². The molecule has 0 bridgehead atoms. The summed E-state index contributed by atoms with van der Waals surface area (Å²) in [5.74, 6) is 0.298. The van der Waals surface area contributed by atoms with E-state index in [2.05, 4.69) is 49.0 Å². The molecule has 1 heterocycles. The van der Waals surface area contributed by atoms with Crippen molar-refractivity contribution >= 4 is 22.5 Å². The van der Waals surface area contributed by atoms with Crippen LogP contribution in [0, 0.1) is 5.92 Å². The lowest BCUT2D eigenvalue weighted by Crippen LogP contribution is -2.36. The fourth-order valence-electron chi connectivity index (χ4n) is 2.56. The Morgan fingerprint density at radius 1 is 1.33 bits per heavy atom. The minimum absolute atomic E-state index is 0.115. The van der Waals surface area contributed by atoms with Crippen molar-refractivity contribution in [3.05, 3.63) is 30.5 Å². The van der Waals surface area contributed by atoms with E-state index in [0.29, 0.717) is 12.3 Å². The lowest BCUT2D eigenvalue weighted by molar-refractivity contribution is -0.117. The standard InChI is InChI=1S/C17H25N3O/c1-4-8-20-9-7-13-11-14(5-6-16(13)20)19-17(21)15(18)10-12(2)3/h5-7,9,11-12,15H,4,8,10,18H2,1-3H3,(H,19,21)/t15-/m0/s1. The predicted octanol–water partition coefficient (Wildman–Crippen LogP) is 3.36. The normalized spacial score (nSPS) is 12.8. The molecule has 0 radical (unpaired) electrons. The van der Waals surface area contributed by atoms with Gasteiger partial charge in [-0.25, -0.2) is 0 Å². The number of amides is 1. The fourth-order valence-corrected chi connectivity index (χ4v) is 2.56. The largest absolute Gasteiger partial charge is 0.347 e. The van der Waals surface area contributed by atoms with E-state index in [1.165, 1.54) is 5.52 Å². The van der Waals surface area contributed by atoms with E-state index in [1.807, 2.05) is 12.1 Å². The Hall–Kier alpha value is -1.81. The van der Waals surface area contributed by atoms with Crippen LogP contribution in [0.3, 0.4) is 0 Å². The number of nitrogens with zero attached hydrogens (tertiary/aromatic N) is 1. The molecule has 2 aromatic rings. The van der Waals surface area contributed by atoms with Crippen molar-refractivity contribution in [1.29, 1.82) is 0 Å². The van der Waals surface area contributed by atoms with E-state index >= 15 is 0 Å². The Balaban J connectivity index is 2.11. The first-order chi connectivity index (χ1) is 10.0. The zero-order valence-electron chi connectivity index (χ0n) is 13.1. The molecule has 114 valence electrons. The van der Waals surface area contributed by atoms with Gasteiger partial charge in [-0.15, -0.1) is 0 Å². The Morgan fingerprint density at radius 3 is 2.76 bits per heavy atom. The van der Waals surface area contributed by atoms with Gasteiger partial charge in [0, 0.05) is 29.3 Å². The van der Waals surface area contributed by atoms with Crippen molar-refractivity contribution in [2.24, 2.45) is 11.7 Å². The first kappa shape index (κ1) is 15.6. The van der Waals surface area contributed by atoms with Gasteiger partial charge < -0.3 is 15.6 Å².